The molecule has 2 saturated heterocycles. The Morgan fingerprint density at radius 2 is 1.84 bits per heavy atom. The number of ether oxygens (including phenoxy) is 3. The van der Waals surface area contributed by atoms with E-state index in [1.165, 1.54) is 0 Å². The largest absolute Gasteiger partial charge is 0.489 e. The van der Waals surface area contributed by atoms with E-state index in [4.69, 9.17) is 25.8 Å². The number of rotatable bonds is 9. The lowest BCUT2D eigenvalue weighted by molar-refractivity contribution is -0.126. The molecular formula is C29H36ClN3O5. The van der Waals surface area contributed by atoms with Gasteiger partial charge in [-0.1, -0.05) is 17.7 Å². The van der Waals surface area contributed by atoms with Crippen LogP contribution in [0.15, 0.2) is 36.4 Å². The van der Waals surface area contributed by atoms with Crippen molar-refractivity contribution in [3.63, 3.8) is 0 Å². The quantitative estimate of drug-likeness (QED) is 0.500. The summed E-state index contributed by atoms with van der Waals surface area (Å²) in [6.45, 7) is 4.97. The van der Waals surface area contributed by atoms with E-state index in [0.29, 0.717) is 48.9 Å². The molecule has 0 unspecified atom stereocenters. The van der Waals surface area contributed by atoms with Crippen molar-refractivity contribution in [1.29, 1.82) is 0 Å². The van der Waals surface area contributed by atoms with Crippen molar-refractivity contribution in [1.82, 2.24) is 10.2 Å². The number of carbonyl (C=O) groups is 1. The van der Waals surface area contributed by atoms with Gasteiger partial charge in [0.25, 0.3) is 0 Å². The Balaban J connectivity index is 1.12. The number of likely N-dealkylation sites (tertiary alicyclic amines) is 1. The predicted octanol–water partition coefficient (Wildman–Crippen LogP) is 3.79. The number of benzene rings is 2. The molecule has 8 nitrogen and oxygen atoms in total. The second-order valence-corrected chi connectivity index (χ2v) is 11.2. The van der Waals surface area contributed by atoms with Gasteiger partial charge in [0, 0.05) is 25.3 Å². The van der Waals surface area contributed by atoms with Crippen LogP contribution in [0.2, 0.25) is 5.02 Å². The summed E-state index contributed by atoms with van der Waals surface area (Å²) in [5, 5.41) is 15.2. The fourth-order valence-electron chi connectivity index (χ4n) is 5.60. The van der Waals surface area contributed by atoms with Gasteiger partial charge in [-0.3, -0.25) is 4.79 Å². The van der Waals surface area contributed by atoms with E-state index in [0.717, 1.165) is 68.7 Å². The van der Waals surface area contributed by atoms with E-state index in [1.54, 1.807) is 0 Å². The number of carbonyl (C=O) groups excluding carboxylic acids is 1. The lowest BCUT2D eigenvalue weighted by Gasteiger charge is -2.30. The molecule has 4 aliphatic rings. The summed E-state index contributed by atoms with van der Waals surface area (Å²) >= 11 is 6.49. The molecule has 6 rings (SSSR count). The Hall–Kier alpha value is -2.68. The van der Waals surface area contributed by atoms with Crippen molar-refractivity contribution in [2.24, 2.45) is 5.92 Å². The number of anilines is 1. The Labute approximate surface area is 228 Å². The molecule has 0 aromatic heterocycles. The molecule has 38 heavy (non-hydrogen) atoms. The number of nitrogens with zero attached hydrogens (tertiary/aromatic N) is 2. The summed E-state index contributed by atoms with van der Waals surface area (Å²) in [5.41, 5.74) is 1.72. The van der Waals surface area contributed by atoms with E-state index in [-0.39, 0.29) is 11.8 Å². The summed E-state index contributed by atoms with van der Waals surface area (Å²) in [6.07, 6.45) is 4.65. The summed E-state index contributed by atoms with van der Waals surface area (Å²) in [5.74, 6) is 1.87. The van der Waals surface area contributed by atoms with E-state index < -0.39 is 12.1 Å². The first-order valence-corrected chi connectivity index (χ1v) is 14.2. The topological polar surface area (TPSA) is 83.5 Å². The zero-order valence-corrected chi connectivity index (χ0v) is 22.4. The van der Waals surface area contributed by atoms with Gasteiger partial charge in [-0.2, -0.15) is 0 Å². The highest BCUT2D eigenvalue weighted by atomic mass is 35.5. The maximum absolute atomic E-state index is 13.5. The molecule has 0 bridgehead atoms. The van der Waals surface area contributed by atoms with Gasteiger partial charge in [0.2, 0.25) is 5.91 Å². The van der Waals surface area contributed by atoms with Crippen LogP contribution in [0.3, 0.4) is 0 Å². The molecular weight excluding hydrogens is 506 g/mol. The van der Waals surface area contributed by atoms with Gasteiger partial charge in [-0.05, 0) is 81.1 Å². The van der Waals surface area contributed by atoms with Crippen LogP contribution >= 0.6 is 11.6 Å². The van der Waals surface area contributed by atoms with Gasteiger partial charge >= 0.3 is 0 Å². The standard InChI is InChI=1S/C29H36ClN3O5/c30-23-16-21(4-8-25(23)38-22-5-6-22)33-12-9-20(17-33)29(35)31-24(18-32-10-1-2-11-32)28(34)19-3-7-26-27(15-19)37-14-13-36-26/h3-4,7-8,15-16,20,22,24,28,34H,1-2,5-6,9-14,17-18H2,(H,31,35)/t20-,24-,28-/m1/s1. The van der Waals surface area contributed by atoms with Crippen molar-refractivity contribution in [3.05, 3.63) is 47.0 Å². The number of fused-ring (bicyclic) bond motifs is 1. The van der Waals surface area contributed by atoms with Crippen molar-refractivity contribution in [2.75, 3.05) is 50.8 Å². The molecule has 3 fully saturated rings. The summed E-state index contributed by atoms with van der Waals surface area (Å²) in [4.78, 5) is 18.0. The van der Waals surface area contributed by atoms with Crippen molar-refractivity contribution >= 4 is 23.2 Å². The molecule has 3 aliphatic heterocycles. The fraction of sp³-hybridized carbons (Fsp3) is 0.552. The van der Waals surface area contributed by atoms with Gasteiger partial charge in [0.15, 0.2) is 11.5 Å². The monoisotopic (exact) mass is 541 g/mol. The lowest BCUT2D eigenvalue weighted by atomic mass is 9.99. The van der Waals surface area contributed by atoms with Crippen LogP contribution in [0.1, 0.15) is 43.8 Å². The third kappa shape index (κ3) is 5.82. The Morgan fingerprint density at radius 1 is 1.05 bits per heavy atom. The number of hydrogen-bond acceptors (Lipinski definition) is 7. The van der Waals surface area contributed by atoms with Crippen LogP contribution in [0.25, 0.3) is 0 Å². The summed E-state index contributed by atoms with van der Waals surface area (Å²) in [7, 11) is 0. The van der Waals surface area contributed by atoms with Crippen LogP contribution in [-0.2, 0) is 4.79 Å². The van der Waals surface area contributed by atoms with Crippen molar-refractivity contribution in [2.45, 2.75) is 50.4 Å². The van der Waals surface area contributed by atoms with E-state index in [2.05, 4.69) is 15.1 Å². The number of amides is 1. The second kappa shape index (κ2) is 11.2. The highest BCUT2D eigenvalue weighted by Crippen LogP contribution is 2.36. The zero-order chi connectivity index (χ0) is 26.1. The number of aliphatic hydroxyl groups excluding tert-OH is 1. The minimum Gasteiger partial charge on any atom is -0.489 e. The second-order valence-electron chi connectivity index (χ2n) is 10.8. The highest BCUT2D eigenvalue weighted by Gasteiger charge is 2.33. The predicted molar refractivity (Wildman–Crippen MR) is 145 cm³/mol. The Bertz CT molecular complexity index is 1150. The molecule has 9 heteroatoms. The smallest absolute Gasteiger partial charge is 0.225 e. The Kier molecular flexibility index (Phi) is 7.54. The molecule has 1 saturated carbocycles. The first kappa shape index (κ1) is 25.6. The van der Waals surface area contributed by atoms with Crippen LogP contribution in [0, 0.1) is 5.92 Å². The zero-order valence-electron chi connectivity index (χ0n) is 21.6. The lowest BCUT2D eigenvalue weighted by Crippen LogP contribution is -2.48. The van der Waals surface area contributed by atoms with E-state index >= 15 is 0 Å². The summed E-state index contributed by atoms with van der Waals surface area (Å²) < 4.78 is 17.2. The fourth-order valence-corrected chi connectivity index (χ4v) is 5.82. The normalized spacial score (nSPS) is 22.8. The summed E-state index contributed by atoms with van der Waals surface area (Å²) in [6, 6.07) is 11.0. The average Bonchev–Trinajstić information content (AvgIpc) is 3.37. The first-order valence-electron chi connectivity index (χ1n) is 13.8. The van der Waals surface area contributed by atoms with Crippen molar-refractivity contribution < 1.29 is 24.1 Å². The highest BCUT2D eigenvalue weighted by molar-refractivity contribution is 6.32. The van der Waals surface area contributed by atoms with E-state index in [9.17, 15) is 9.90 Å². The van der Waals surface area contributed by atoms with E-state index in [1.807, 2.05) is 36.4 Å². The Morgan fingerprint density at radius 3 is 2.61 bits per heavy atom. The number of nitrogens with one attached hydrogen (secondary N) is 1. The van der Waals surface area contributed by atoms with Crippen molar-refractivity contribution in [3.8, 4) is 17.2 Å². The number of hydrogen-bond donors (Lipinski definition) is 2. The molecule has 2 aromatic carbocycles. The first-order chi connectivity index (χ1) is 18.5. The van der Waals surface area contributed by atoms with Gasteiger partial charge in [-0.25, -0.2) is 0 Å². The van der Waals surface area contributed by atoms with Crippen LogP contribution < -0.4 is 24.4 Å². The molecule has 2 aromatic rings. The number of aliphatic hydroxyl groups is 1. The SMILES string of the molecule is O=C(N[C@H](CN1CCCC1)[C@H](O)c1ccc2c(c1)OCCO2)[C@@H]1CCN(c2ccc(OC3CC3)c(Cl)c2)C1. The molecule has 1 amide bonds. The molecule has 3 atom stereocenters. The average molecular weight is 542 g/mol. The maximum Gasteiger partial charge on any atom is 0.225 e. The van der Waals surface area contributed by atoms with Gasteiger partial charge < -0.3 is 34.4 Å². The van der Waals surface area contributed by atoms with Gasteiger partial charge in [0.1, 0.15) is 25.1 Å². The van der Waals surface area contributed by atoms with Gasteiger partial charge in [-0.15, -0.1) is 0 Å². The van der Waals surface area contributed by atoms with Crippen LogP contribution in [-0.4, -0.2) is 74.0 Å². The third-order valence-corrected chi connectivity index (χ3v) is 8.22. The third-order valence-electron chi connectivity index (χ3n) is 7.93. The maximum atomic E-state index is 13.5. The van der Waals surface area contributed by atoms with Crippen LogP contribution in [0.5, 0.6) is 17.2 Å². The molecule has 204 valence electrons. The van der Waals surface area contributed by atoms with Gasteiger partial charge in [0.05, 0.1) is 23.1 Å². The molecule has 0 spiro atoms. The minimum absolute atomic E-state index is 0.0203. The van der Waals surface area contributed by atoms with Crippen LogP contribution in [0.4, 0.5) is 5.69 Å². The molecule has 3 heterocycles. The molecule has 2 N–H and O–H groups in total. The molecule has 0 radical (unpaired) electrons. The number of halogens is 1. The minimum atomic E-state index is -0.856. The molecule has 1 aliphatic carbocycles.